The van der Waals surface area contributed by atoms with Gasteiger partial charge in [-0.3, -0.25) is 19.3 Å². The van der Waals surface area contributed by atoms with Crippen molar-refractivity contribution in [1.82, 2.24) is 14.7 Å². The van der Waals surface area contributed by atoms with E-state index < -0.39 is 17.6 Å². The Bertz CT molecular complexity index is 1150. The van der Waals surface area contributed by atoms with Crippen LogP contribution < -0.4 is 4.90 Å². The predicted octanol–water partition coefficient (Wildman–Crippen LogP) is 3.02. The summed E-state index contributed by atoms with van der Waals surface area (Å²) in [4.78, 5) is 45.9. The molecule has 2 aromatic rings. The molecule has 7 nitrogen and oxygen atoms in total. The number of amides is 2. The Kier molecular flexibility index (Phi) is 7.15. The SMILES string of the molecule is C[C@@H]1CN(Cc2ccc(F)cc2)CCN1C(=O)c1cc2c(cc1Cl)N(C)CC2C(=O)C(=O)N(C)C. The number of anilines is 1. The second kappa shape index (κ2) is 9.95. The lowest BCUT2D eigenvalue weighted by Crippen LogP contribution is -2.53. The van der Waals surface area contributed by atoms with Gasteiger partial charge in [-0.25, -0.2) is 4.39 Å². The van der Waals surface area contributed by atoms with Gasteiger partial charge in [0.15, 0.2) is 0 Å². The van der Waals surface area contributed by atoms with E-state index in [1.807, 2.05) is 18.9 Å². The zero-order chi connectivity index (χ0) is 25.4. The number of hydrogen-bond acceptors (Lipinski definition) is 5. The first-order chi connectivity index (χ1) is 16.6. The quantitative estimate of drug-likeness (QED) is 0.591. The number of ketones is 1. The van der Waals surface area contributed by atoms with Gasteiger partial charge in [-0.15, -0.1) is 0 Å². The van der Waals surface area contributed by atoms with E-state index >= 15 is 0 Å². The van der Waals surface area contributed by atoms with E-state index in [2.05, 4.69) is 4.90 Å². The van der Waals surface area contributed by atoms with Crippen molar-refractivity contribution in [2.45, 2.75) is 25.4 Å². The van der Waals surface area contributed by atoms with Crippen molar-refractivity contribution in [3.63, 3.8) is 0 Å². The molecule has 2 aromatic carbocycles. The molecule has 1 unspecified atom stereocenters. The molecule has 0 spiro atoms. The van der Waals surface area contributed by atoms with Crippen LogP contribution in [0.5, 0.6) is 0 Å². The highest BCUT2D eigenvalue weighted by Crippen LogP contribution is 2.40. The van der Waals surface area contributed by atoms with Gasteiger partial charge in [0.05, 0.1) is 16.5 Å². The Balaban J connectivity index is 1.52. The first-order valence-electron chi connectivity index (χ1n) is 11.6. The van der Waals surface area contributed by atoms with Gasteiger partial charge < -0.3 is 14.7 Å². The van der Waals surface area contributed by atoms with Crippen LogP contribution in [-0.4, -0.2) is 85.7 Å². The molecule has 0 aromatic heterocycles. The molecule has 0 bridgehead atoms. The fraction of sp³-hybridized carbons (Fsp3) is 0.423. The van der Waals surface area contributed by atoms with Crippen LogP contribution in [0.15, 0.2) is 36.4 Å². The lowest BCUT2D eigenvalue weighted by atomic mass is 9.94. The van der Waals surface area contributed by atoms with Crippen molar-refractivity contribution in [3.05, 3.63) is 63.9 Å². The van der Waals surface area contributed by atoms with Crippen molar-refractivity contribution in [1.29, 1.82) is 0 Å². The molecule has 186 valence electrons. The molecule has 4 rings (SSSR count). The van der Waals surface area contributed by atoms with Gasteiger partial charge in [-0.1, -0.05) is 23.7 Å². The molecule has 0 saturated carbocycles. The molecule has 2 atom stereocenters. The van der Waals surface area contributed by atoms with E-state index in [0.717, 1.165) is 11.3 Å². The summed E-state index contributed by atoms with van der Waals surface area (Å²) in [6.07, 6.45) is 0. The minimum absolute atomic E-state index is 0.0589. The molecular weight excluding hydrogens is 471 g/mol. The Hall–Kier alpha value is -2.97. The number of carbonyl (C=O) groups is 3. The van der Waals surface area contributed by atoms with E-state index in [1.165, 1.54) is 17.0 Å². The maximum atomic E-state index is 13.5. The molecule has 0 N–H and O–H groups in total. The van der Waals surface area contributed by atoms with Gasteiger partial charge >= 0.3 is 0 Å². The molecule has 1 fully saturated rings. The first-order valence-corrected chi connectivity index (χ1v) is 12.0. The van der Waals surface area contributed by atoms with Gasteiger partial charge in [0.2, 0.25) is 5.78 Å². The van der Waals surface area contributed by atoms with Crippen molar-refractivity contribution >= 4 is 34.9 Å². The van der Waals surface area contributed by atoms with E-state index in [-0.39, 0.29) is 17.8 Å². The Morgan fingerprint density at radius 3 is 2.40 bits per heavy atom. The van der Waals surface area contributed by atoms with Crippen molar-refractivity contribution in [2.75, 3.05) is 52.2 Å². The summed E-state index contributed by atoms with van der Waals surface area (Å²) in [6, 6.07) is 9.80. The number of hydrogen-bond donors (Lipinski definition) is 0. The van der Waals surface area contributed by atoms with Crippen LogP contribution in [0.25, 0.3) is 0 Å². The topological polar surface area (TPSA) is 64.2 Å². The van der Waals surface area contributed by atoms with Crippen LogP contribution in [0.4, 0.5) is 10.1 Å². The summed E-state index contributed by atoms with van der Waals surface area (Å²) in [6.45, 7) is 4.91. The first kappa shape index (κ1) is 25.1. The standard InChI is InChI=1S/C26H30ClFN4O3/c1-16-13-31(14-17-5-7-18(28)8-6-17)9-10-32(16)25(34)20-11-19-21(24(33)26(35)29(2)3)15-30(4)23(19)12-22(20)27/h5-8,11-12,16,21H,9-10,13-15H2,1-4H3/t16-,21?/m1/s1. The predicted molar refractivity (Wildman–Crippen MR) is 133 cm³/mol. The third-order valence-corrected chi connectivity index (χ3v) is 7.13. The highest BCUT2D eigenvalue weighted by molar-refractivity contribution is 6.39. The molecule has 2 amide bonds. The molecule has 0 radical (unpaired) electrons. The third-order valence-electron chi connectivity index (χ3n) is 6.82. The van der Waals surface area contributed by atoms with Crippen molar-refractivity contribution < 1.29 is 18.8 Å². The zero-order valence-electron chi connectivity index (χ0n) is 20.4. The van der Waals surface area contributed by atoms with E-state index in [1.54, 1.807) is 43.3 Å². The molecule has 9 heteroatoms. The summed E-state index contributed by atoms with van der Waals surface area (Å²) in [5.41, 5.74) is 2.78. The number of nitrogens with zero attached hydrogens (tertiary/aromatic N) is 4. The number of likely N-dealkylation sites (N-methyl/N-ethyl adjacent to an activating group) is 2. The Morgan fingerprint density at radius 2 is 1.77 bits per heavy atom. The van der Waals surface area contributed by atoms with E-state index in [9.17, 15) is 18.8 Å². The van der Waals surface area contributed by atoms with Gasteiger partial charge in [-0.2, -0.15) is 0 Å². The average Bonchev–Trinajstić information content (AvgIpc) is 3.14. The second-order valence-corrected chi connectivity index (χ2v) is 10.0. The normalized spacial score (nSPS) is 20.1. The van der Waals surface area contributed by atoms with Gasteiger partial charge in [0.1, 0.15) is 5.82 Å². The lowest BCUT2D eigenvalue weighted by Gasteiger charge is -2.40. The number of carbonyl (C=O) groups excluding carboxylic acids is 3. The summed E-state index contributed by atoms with van der Waals surface area (Å²) < 4.78 is 13.2. The fourth-order valence-electron chi connectivity index (χ4n) is 4.90. The molecule has 2 aliphatic rings. The molecule has 35 heavy (non-hydrogen) atoms. The monoisotopic (exact) mass is 500 g/mol. The molecule has 0 aliphatic carbocycles. The van der Waals surface area contributed by atoms with Crippen LogP contribution in [-0.2, 0) is 16.1 Å². The zero-order valence-corrected chi connectivity index (χ0v) is 21.2. The van der Waals surface area contributed by atoms with Crippen LogP contribution in [0, 0.1) is 5.82 Å². The molecular formula is C26H30ClFN4O3. The number of halogens is 2. The molecule has 1 saturated heterocycles. The fourth-order valence-corrected chi connectivity index (χ4v) is 5.14. The largest absolute Gasteiger partial charge is 0.373 e. The second-order valence-electron chi connectivity index (χ2n) is 9.60. The number of piperazine rings is 1. The smallest absolute Gasteiger partial charge is 0.290 e. The molecule has 2 heterocycles. The summed E-state index contributed by atoms with van der Waals surface area (Å²) in [7, 11) is 4.94. The summed E-state index contributed by atoms with van der Waals surface area (Å²) in [5.74, 6) is -2.15. The Labute approximate surface area is 210 Å². The number of fused-ring (bicyclic) bond motifs is 1. The van der Waals surface area contributed by atoms with Gasteiger partial charge in [0.25, 0.3) is 11.8 Å². The highest BCUT2D eigenvalue weighted by Gasteiger charge is 2.38. The number of Topliss-reactive ketones (excluding diaryl/α,β-unsaturated/α-hetero) is 1. The van der Waals surface area contributed by atoms with Crippen molar-refractivity contribution in [3.8, 4) is 0 Å². The number of rotatable bonds is 5. The van der Waals surface area contributed by atoms with Gasteiger partial charge in [0, 0.05) is 65.6 Å². The maximum Gasteiger partial charge on any atom is 0.290 e. The average molecular weight is 501 g/mol. The minimum Gasteiger partial charge on any atom is -0.373 e. The minimum atomic E-state index is -0.640. The van der Waals surface area contributed by atoms with E-state index in [4.69, 9.17) is 11.6 Å². The lowest BCUT2D eigenvalue weighted by molar-refractivity contribution is -0.143. The van der Waals surface area contributed by atoms with Crippen LogP contribution in [0.1, 0.15) is 34.3 Å². The summed E-state index contributed by atoms with van der Waals surface area (Å²) >= 11 is 6.55. The Morgan fingerprint density at radius 1 is 1.09 bits per heavy atom. The van der Waals surface area contributed by atoms with Crippen LogP contribution in [0.2, 0.25) is 5.02 Å². The highest BCUT2D eigenvalue weighted by atomic mass is 35.5. The summed E-state index contributed by atoms with van der Waals surface area (Å²) in [5, 5.41) is 0.327. The van der Waals surface area contributed by atoms with Crippen LogP contribution >= 0.6 is 11.6 Å². The molecule has 2 aliphatic heterocycles. The third kappa shape index (κ3) is 5.04. The number of benzene rings is 2. The van der Waals surface area contributed by atoms with Gasteiger partial charge in [-0.05, 0) is 42.3 Å². The van der Waals surface area contributed by atoms with E-state index in [0.29, 0.717) is 48.9 Å². The van der Waals surface area contributed by atoms with Crippen LogP contribution in [0.3, 0.4) is 0 Å². The van der Waals surface area contributed by atoms with Crippen molar-refractivity contribution in [2.24, 2.45) is 0 Å². The maximum absolute atomic E-state index is 13.5.